The van der Waals surface area contributed by atoms with Crippen molar-refractivity contribution in [3.63, 3.8) is 0 Å². The fourth-order valence-corrected chi connectivity index (χ4v) is 3.82. The topological polar surface area (TPSA) is 60.9 Å². The highest BCUT2D eigenvalue weighted by Crippen LogP contribution is 2.47. The van der Waals surface area contributed by atoms with E-state index in [2.05, 4.69) is 4.98 Å². The van der Waals surface area contributed by atoms with Gasteiger partial charge in [0, 0.05) is 17.8 Å². The molecule has 1 aromatic carbocycles. The molecule has 6 nitrogen and oxygen atoms in total. The van der Waals surface area contributed by atoms with Crippen molar-refractivity contribution < 1.29 is 19.0 Å². The van der Waals surface area contributed by atoms with E-state index in [-0.39, 0.29) is 11.3 Å². The van der Waals surface area contributed by atoms with Crippen LogP contribution in [-0.4, -0.2) is 38.0 Å². The van der Waals surface area contributed by atoms with E-state index in [4.69, 9.17) is 14.2 Å². The van der Waals surface area contributed by atoms with Crippen LogP contribution in [0.4, 0.5) is 5.82 Å². The highest BCUT2D eigenvalue weighted by molar-refractivity contribution is 8.00. The van der Waals surface area contributed by atoms with Gasteiger partial charge in [0.1, 0.15) is 16.9 Å². The Morgan fingerprint density at radius 2 is 1.79 bits per heavy atom. The second kappa shape index (κ2) is 7.00. The lowest BCUT2D eigenvalue weighted by Crippen LogP contribution is -2.28. The van der Waals surface area contributed by atoms with E-state index in [1.165, 1.54) is 11.8 Å². The van der Waals surface area contributed by atoms with Crippen molar-refractivity contribution >= 4 is 23.5 Å². The van der Waals surface area contributed by atoms with Crippen LogP contribution >= 0.6 is 11.8 Å². The largest absolute Gasteiger partial charge is 0.496 e. The number of amides is 1. The molecule has 1 fully saturated rings. The maximum absolute atomic E-state index is 12.4. The lowest BCUT2D eigenvalue weighted by atomic mass is 10.1. The number of hydrogen-bond acceptors (Lipinski definition) is 6. The number of thioether (sulfide) groups is 1. The van der Waals surface area contributed by atoms with E-state index in [0.717, 1.165) is 5.56 Å². The van der Waals surface area contributed by atoms with Crippen molar-refractivity contribution in [1.82, 2.24) is 4.98 Å². The Hall–Kier alpha value is -2.41. The summed E-state index contributed by atoms with van der Waals surface area (Å²) < 4.78 is 16.2. The summed E-state index contributed by atoms with van der Waals surface area (Å²) in [6.07, 6.45) is 1.68. The fraction of sp³-hybridized carbons (Fsp3) is 0.294. The van der Waals surface area contributed by atoms with Crippen LogP contribution in [0.25, 0.3) is 0 Å². The molecule has 0 radical (unpaired) electrons. The molecular weight excluding hydrogens is 328 g/mol. The first-order valence-corrected chi connectivity index (χ1v) is 8.39. The van der Waals surface area contributed by atoms with Crippen LogP contribution in [0.15, 0.2) is 36.5 Å². The Kier molecular flexibility index (Phi) is 4.80. The first-order chi connectivity index (χ1) is 11.7. The third-order valence-corrected chi connectivity index (χ3v) is 4.96. The van der Waals surface area contributed by atoms with Gasteiger partial charge in [0.05, 0.1) is 27.1 Å². The van der Waals surface area contributed by atoms with E-state index >= 15 is 0 Å². The molecule has 0 aliphatic carbocycles. The molecule has 3 rings (SSSR count). The highest BCUT2D eigenvalue weighted by Gasteiger charge is 2.37. The molecule has 1 unspecified atom stereocenters. The molecule has 1 aliphatic heterocycles. The molecule has 0 saturated carbocycles. The molecule has 2 heterocycles. The smallest absolute Gasteiger partial charge is 0.239 e. The number of methoxy groups -OCH3 is 3. The minimum Gasteiger partial charge on any atom is -0.496 e. The fourth-order valence-electron chi connectivity index (χ4n) is 2.64. The number of carbonyl (C=O) groups is 1. The summed E-state index contributed by atoms with van der Waals surface area (Å²) in [6.45, 7) is 0. The zero-order chi connectivity index (χ0) is 17.1. The van der Waals surface area contributed by atoms with Gasteiger partial charge in [-0.15, -0.1) is 11.8 Å². The average molecular weight is 346 g/mol. The van der Waals surface area contributed by atoms with E-state index in [9.17, 15) is 4.79 Å². The van der Waals surface area contributed by atoms with Gasteiger partial charge in [0.15, 0.2) is 11.5 Å². The second-order valence-corrected chi connectivity index (χ2v) is 6.13. The van der Waals surface area contributed by atoms with Crippen LogP contribution < -0.4 is 19.1 Å². The zero-order valence-corrected chi connectivity index (χ0v) is 14.5. The van der Waals surface area contributed by atoms with Gasteiger partial charge in [-0.3, -0.25) is 9.69 Å². The molecule has 7 heteroatoms. The summed E-state index contributed by atoms with van der Waals surface area (Å²) in [7, 11) is 4.75. The Bertz CT molecular complexity index is 739. The van der Waals surface area contributed by atoms with E-state index in [1.54, 1.807) is 38.5 Å². The van der Waals surface area contributed by atoms with Crippen LogP contribution in [0.1, 0.15) is 10.9 Å². The Morgan fingerprint density at radius 1 is 1.08 bits per heavy atom. The third-order valence-electron chi connectivity index (χ3n) is 3.77. The van der Waals surface area contributed by atoms with Crippen LogP contribution in [0.5, 0.6) is 17.2 Å². The number of ether oxygens (including phenoxy) is 3. The number of benzene rings is 1. The number of rotatable bonds is 5. The summed E-state index contributed by atoms with van der Waals surface area (Å²) in [6, 6.07) is 9.13. The molecule has 1 atom stereocenters. The number of nitrogens with zero attached hydrogens (tertiary/aromatic N) is 2. The summed E-state index contributed by atoms with van der Waals surface area (Å²) in [4.78, 5) is 18.4. The van der Waals surface area contributed by atoms with Gasteiger partial charge in [-0.2, -0.15) is 0 Å². The Morgan fingerprint density at radius 3 is 2.42 bits per heavy atom. The molecule has 24 heavy (non-hydrogen) atoms. The summed E-state index contributed by atoms with van der Waals surface area (Å²) in [5.74, 6) is 2.83. The lowest BCUT2D eigenvalue weighted by molar-refractivity contribution is -0.115. The first kappa shape index (κ1) is 16.4. The van der Waals surface area contributed by atoms with Crippen LogP contribution in [0, 0.1) is 0 Å². The van der Waals surface area contributed by atoms with Gasteiger partial charge >= 0.3 is 0 Å². The van der Waals surface area contributed by atoms with Crippen LogP contribution in [0.2, 0.25) is 0 Å². The van der Waals surface area contributed by atoms with Crippen molar-refractivity contribution in [3.8, 4) is 17.2 Å². The van der Waals surface area contributed by atoms with Gasteiger partial charge < -0.3 is 14.2 Å². The van der Waals surface area contributed by atoms with Gasteiger partial charge in [-0.05, 0) is 18.2 Å². The Balaban J connectivity index is 2.08. The number of anilines is 1. The van der Waals surface area contributed by atoms with Crippen molar-refractivity contribution in [2.75, 3.05) is 32.0 Å². The molecule has 0 N–H and O–H groups in total. The summed E-state index contributed by atoms with van der Waals surface area (Å²) in [5, 5.41) is -0.234. The zero-order valence-electron chi connectivity index (χ0n) is 13.7. The molecule has 0 bridgehead atoms. The molecular formula is C17H18N2O4S. The number of pyridine rings is 1. The van der Waals surface area contributed by atoms with E-state index in [0.29, 0.717) is 28.8 Å². The van der Waals surface area contributed by atoms with Gasteiger partial charge in [0.2, 0.25) is 5.91 Å². The van der Waals surface area contributed by atoms with Crippen molar-refractivity contribution in [3.05, 3.63) is 42.1 Å². The quantitative estimate of drug-likeness (QED) is 0.830. The standard InChI is InChI=1S/C17H18N2O4S/c1-21-12-9-14(23-3)13(22-2)8-11(12)17-19(16(20)10-24-17)15-6-4-5-7-18-15/h4-9,17H,10H2,1-3H3. The van der Waals surface area contributed by atoms with Gasteiger partial charge in [-0.1, -0.05) is 6.07 Å². The van der Waals surface area contributed by atoms with Crippen LogP contribution in [-0.2, 0) is 4.79 Å². The van der Waals surface area contributed by atoms with E-state index in [1.807, 2.05) is 24.3 Å². The van der Waals surface area contributed by atoms with Crippen molar-refractivity contribution in [1.29, 1.82) is 0 Å². The Labute approximate surface area is 144 Å². The van der Waals surface area contributed by atoms with Crippen molar-refractivity contribution in [2.45, 2.75) is 5.37 Å². The number of aromatic nitrogens is 1. The molecule has 0 spiro atoms. The summed E-state index contributed by atoms with van der Waals surface area (Å²) >= 11 is 1.53. The molecule has 1 aliphatic rings. The lowest BCUT2D eigenvalue weighted by Gasteiger charge is -2.25. The second-order valence-electron chi connectivity index (χ2n) is 5.06. The molecule has 1 saturated heterocycles. The SMILES string of the molecule is COc1cc(OC)c(C2SCC(=O)N2c2ccccn2)cc1OC. The van der Waals surface area contributed by atoms with Gasteiger partial charge in [-0.25, -0.2) is 4.98 Å². The summed E-state index contributed by atoms with van der Waals surface area (Å²) in [5.41, 5.74) is 0.844. The predicted molar refractivity (Wildman–Crippen MR) is 93.0 cm³/mol. The minimum absolute atomic E-state index is 0.0144. The van der Waals surface area contributed by atoms with Gasteiger partial charge in [0.25, 0.3) is 0 Å². The minimum atomic E-state index is -0.234. The molecule has 126 valence electrons. The number of hydrogen-bond donors (Lipinski definition) is 0. The highest BCUT2D eigenvalue weighted by atomic mass is 32.2. The average Bonchev–Trinajstić information content (AvgIpc) is 3.02. The van der Waals surface area contributed by atoms with Crippen molar-refractivity contribution in [2.24, 2.45) is 0 Å². The predicted octanol–water partition coefficient (Wildman–Crippen LogP) is 2.89. The monoisotopic (exact) mass is 346 g/mol. The first-order valence-electron chi connectivity index (χ1n) is 7.34. The maximum Gasteiger partial charge on any atom is 0.239 e. The molecule has 1 amide bonds. The third kappa shape index (κ3) is 2.87. The number of carbonyl (C=O) groups excluding carboxylic acids is 1. The maximum atomic E-state index is 12.4. The normalized spacial score (nSPS) is 17.0. The van der Waals surface area contributed by atoms with E-state index < -0.39 is 0 Å². The van der Waals surface area contributed by atoms with Crippen LogP contribution in [0.3, 0.4) is 0 Å². The molecule has 2 aromatic rings. The molecule has 1 aromatic heterocycles.